The Bertz CT molecular complexity index is 1410. The number of carbonyl (C=O) groups is 3. The molecule has 1 unspecified atom stereocenters. The van der Waals surface area contributed by atoms with E-state index >= 15 is 0 Å². The summed E-state index contributed by atoms with van der Waals surface area (Å²) in [6, 6.07) is 17.0. The van der Waals surface area contributed by atoms with Crippen molar-refractivity contribution in [2.45, 2.75) is 31.6 Å². The maximum atomic E-state index is 13.6. The molecule has 0 radical (unpaired) electrons. The molecule has 3 aromatic rings. The zero-order chi connectivity index (χ0) is 27.9. The van der Waals surface area contributed by atoms with Gasteiger partial charge in [-0.1, -0.05) is 36.0 Å². The van der Waals surface area contributed by atoms with E-state index in [1.165, 1.54) is 55.1 Å². The van der Waals surface area contributed by atoms with E-state index in [2.05, 4.69) is 5.10 Å². The van der Waals surface area contributed by atoms with Gasteiger partial charge in [-0.2, -0.15) is 5.10 Å². The molecule has 4 rings (SSSR count). The molecule has 1 amide bonds. The number of halogens is 1. The minimum atomic E-state index is -0.720. The van der Waals surface area contributed by atoms with Gasteiger partial charge >= 0.3 is 0 Å². The van der Waals surface area contributed by atoms with Gasteiger partial charge in [0.2, 0.25) is 0 Å². The Morgan fingerprint density at radius 1 is 1.03 bits per heavy atom. The predicted molar refractivity (Wildman–Crippen MR) is 146 cm³/mol. The largest absolute Gasteiger partial charge is 0.507 e. The number of hydrogen-bond donors (Lipinski definition) is 1. The Hall–Kier alpha value is -4.18. The lowest BCUT2D eigenvalue weighted by Crippen LogP contribution is -2.26. The summed E-state index contributed by atoms with van der Waals surface area (Å²) in [7, 11) is 1.46. The minimum Gasteiger partial charge on any atom is -0.507 e. The van der Waals surface area contributed by atoms with Crippen LogP contribution in [0.1, 0.15) is 53.0 Å². The van der Waals surface area contributed by atoms with Crippen molar-refractivity contribution in [3.8, 4) is 17.2 Å². The van der Waals surface area contributed by atoms with Gasteiger partial charge in [-0.3, -0.25) is 9.59 Å². The Balaban J connectivity index is 1.64. The third kappa shape index (κ3) is 6.64. The SMILES string of the molecule is COc1c(OCC(=O)CCCC(C)=O)cccc1C1SC(c2ccc(F)cc2)=NN1C(=O)c1ccccc1O. The maximum Gasteiger partial charge on any atom is 0.279 e. The van der Waals surface area contributed by atoms with E-state index in [4.69, 9.17) is 9.47 Å². The van der Waals surface area contributed by atoms with Crippen molar-refractivity contribution in [1.29, 1.82) is 0 Å². The van der Waals surface area contributed by atoms with Gasteiger partial charge in [0, 0.05) is 24.0 Å². The Morgan fingerprint density at radius 3 is 2.46 bits per heavy atom. The molecular formula is C29H27FN2O6S. The van der Waals surface area contributed by atoms with Gasteiger partial charge in [0.1, 0.15) is 34.4 Å². The van der Waals surface area contributed by atoms with Crippen molar-refractivity contribution in [3.05, 3.63) is 89.2 Å². The molecule has 0 fully saturated rings. The lowest BCUT2D eigenvalue weighted by molar-refractivity contribution is -0.121. The molecule has 10 heteroatoms. The van der Waals surface area contributed by atoms with Gasteiger partial charge in [-0.15, -0.1) is 0 Å². The number of methoxy groups -OCH3 is 1. The van der Waals surface area contributed by atoms with Crippen LogP contribution in [0.4, 0.5) is 4.39 Å². The van der Waals surface area contributed by atoms with Crippen molar-refractivity contribution < 1.29 is 33.4 Å². The Morgan fingerprint density at radius 2 is 1.77 bits per heavy atom. The van der Waals surface area contributed by atoms with Crippen LogP contribution in [0.15, 0.2) is 71.8 Å². The van der Waals surface area contributed by atoms with Crippen LogP contribution >= 0.6 is 11.8 Å². The number of hydrogen-bond acceptors (Lipinski definition) is 8. The van der Waals surface area contributed by atoms with Crippen molar-refractivity contribution in [3.63, 3.8) is 0 Å². The van der Waals surface area contributed by atoms with E-state index in [0.29, 0.717) is 40.5 Å². The molecule has 3 aromatic carbocycles. The van der Waals surface area contributed by atoms with E-state index < -0.39 is 17.1 Å². The fourth-order valence-corrected chi connectivity index (χ4v) is 5.17. The summed E-state index contributed by atoms with van der Waals surface area (Å²) in [4.78, 5) is 37.0. The molecule has 0 saturated heterocycles. The van der Waals surface area contributed by atoms with Gasteiger partial charge in [-0.05, 0) is 55.8 Å². The quantitative estimate of drug-likeness (QED) is 0.336. The van der Waals surface area contributed by atoms with Crippen molar-refractivity contribution in [2.75, 3.05) is 13.7 Å². The van der Waals surface area contributed by atoms with E-state index in [0.717, 1.165) is 0 Å². The molecule has 1 atom stereocenters. The molecule has 39 heavy (non-hydrogen) atoms. The number of aromatic hydroxyl groups is 1. The number of thioether (sulfide) groups is 1. The molecular weight excluding hydrogens is 523 g/mol. The first-order valence-electron chi connectivity index (χ1n) is 12.2. The molecule has 1 aliphatic rings. The van der Waals surface area contributed by atoms with E-state index in [1.807, 2.05) is 0 Å². The topological polar surface area (TPSA) is 106 Å². The van der Waals surface area contributed by atoms with Crippen LogP contribution < -0.4 is 9.47 Å². The number of hydrazone groups is 1. The number of amides is 1. The molecule has 8 nitrogen and oxygen atoms in total. The number of rotatable bonds is 11. The van der Waals surface area contributed by atoms with Crippen LogP contribution in [0.25, 0.3) is 0 Å². The van der Waals surface area contributed by atoms with Crippen LogP contribution in [0, 0.1) is 5.82 Å². The standard InChI is InChI=1S/C29H27FN2O6S/c1-18(33)7-5-8-21(34)17-38-25-12-6-10-23(26(25)37-2)29-32(28(36)22-9-3-4-11-24(22)35)31-27(39-29)19-13-15-20(30)16-14-19/h3-4,6,9-16,29,35H,5,7-8,17H2,1-2H3. The number of Topliss-reactive ketones (excluding diaryl/α,β-unsaturated/α-hetero) is 2. The second kappa shape index (κ2) is 12.6. The zero-order valence-electron chi connectivity index (χ0n) is 21.4. The smallest absolute Gasteiger partial charge is 0.279 e. The molecule has 1 N–H and O–H groups in total. The van der Waals surface area contributed by atoms with Crippen LogP contribution in [0.2, 0.25) is 0 Å². The molecule has 0 aromatic heterocycles. The fraction of sp³-hybridized carbons (Fsp3) is 0.241. The number of para-hydroxylation sites is 2. The lowest BCUT2D eigenvalue weighted by atomic mass is 10.1. The highest BCUT2D eigenvalue weighted by Gasteiger charge is 2.37. The number of phenolic OH excluding ortho intramolecular Hbond substituents is 1. The van der Waals surface area contributed by atoms with Crippen molar-refractivity contribution in [1.82, 2.24) is 5.01 Å². The number of carbonyl (C=O) groups excluding carboxylic acids is 3. The highest BCUT2D eigenvalue weighted by Crippen LogP contribution is 2.47. The monoisotopic (exact) mass is 550 g/mol. The summed E-state index contributed by atoms with van der Waals surface area (Å²) in [5.41, 5.74) is 1.23. The number of ether oxygens (including phenoxy) is 2. The van der Waals surface area contributed by atoms with Gasteiger partial charge in [0.15, 0.2) is 17.3 Å². The third-order valence-corrected chi connectivity index (χ3v) is 7.15. The first kappa shape index (κ1) is 27.8. The molecule has 0 saturated carbocycles. The normalized spacial score (nSPS) is 14.6. The summed E-state index contributed by atoms with van der Waals surface area (Å²) in [6.07, 6.45) is 1.01. The molecule has 0 spiro atoms. The molecule has 1 aliphatic heterocycles. The van der Waals surface area contributed by atoms with E-state index in [-0.39, 0.29) is 35.9 Å². The lowest BCUT2D eigenvalue weighted by Gasteiger charge is -2.24. The summed E-state index contributed by atoms with van der Waals surface area (Å²) in [6.45, 7) is 1.28. The average Bonchev–Trinajstić information content (AvgIpc) is 3.37. The van der Waals surface area contributed by atoms with Crippen molar-refractivity contribution >= 4 is 34.3 Å². The molecule has 1 heterocycles. The van der Waals surface area contributed by atoms with Gasteiger partial charge in [0.25, 0.3) is 5.91 Å². The maximum absolute atomic E-state index is 13.6. The van der Waals surface area contributed by atoms with Gasteiger partial charge < -0.3 is 19.4 Å². The molecule has 0 bridgehead atoms. The summed E-state index contributed by atoms with van der Waals surface area (Å²) in [5, 5.41) is 15.9. The number of ketones is 2. The predicted octanol–water partition coefficient (Wildman–Crippen LogP) is 5.50. The number of benzene rings is 3. The van der Waals surface area contributed by atoms with E-state index in [9.17, 15) is 23.9 Å². The highest BCUT2D eigenvalue weighted by molar-refractivity contribution is 8.14. The number of nitrogens with zero attached hydrogens (tertiary/aromatic N) is 2. The average molecular weight is 551 g/mol. The highest BCUT2D eigenvalue weighted by atomic mass is 32.2. The first-order valence-corrected chi connectivity index (χ1v) is 13.1. The second-order valence-corrected chi connectivity index (χ2v) is 9.88. The summed E-state index contributed by atoms with van der Waals surface area (Å²) >= 11 is 1.25. The van der Waals surface area contributed by atoms with Crippen LogP contribution in [0.5, 0.6) is 17.2 Å². The van der Waals surface area contributed by atoms with Crippen LogP contribution in [0.3, 0.4) is 0 Å². The Labute approximate surface area is 229 Å². The van der Waals surface area contributed by atoms with Crippen LogP contribution in [-0.4, -0.2) is 46.3 Å². The Kier molecular flexibility index (Phi) is 8.98. The summed E-state index contributed by atoms with van der Waals surface area (Å²) in [5.74, 6) is -0.642. The molecule has 0 aliphatic carbocycles. The fourth-order valence-electron chi connectivity index (χ4n) is 4.00. The van der Waals surface area contributed by atoms with Crippen molar-refractivity contribution in [2.24, 2.45) is 5.10 Å². The van der Waals surface area contributed by atoms with E-state index in [1.54, 1.807) is 42.5 Å². The van der Waals surface area contributed by atoms with Crippen LogP contribution in [-0.2, 0) is 9.59 Å². The second-order valence-electron chi connectivity index (χ2n) is 8.81. The molecule has 202 valence electrons. The van der Waals surface area contributed by atoms with Gasteiger partial charge in [-0.25, -0.2) is 9.40 Å². The first-order chi connectivity index (χ1) is 18.8. The summed E-state index contributed by atoms with van der Waals surface area (Å²) < 4.78 is 25.0. The van der Waals surface area contributed by atoms with Gasteiger partial charge in [0.05, 0.1) is 12.7 Å². The minimum absolute atomic E-state index is 0.0253. The zero-order valence-corrected chi connectivity index (χ0v) is 22.2. The third-order valence-electron chi connectivity index (χ3n) is 5.93. The number of phenols is 1.